The number of allylic oxidation sites excluding steroid dienone is 1. The standard InChI is InChI=1S/C10H9NS2/c1-2-7-11-8-5-3-4-6-9(8)13-10(11)12/h2-6H,1,7H2. The minimum atomic E-state index is 0.794. The molecule has 1 heterocycles. The minimum Gasteiger partial charge on any atom is -0.319 e. The lowest BCUT2D eigenvalue weighted by Crippen LogP contribution is -1.92. The zero-order valence-corrected chi connectivity index (χ0v) is 8.70. The molecule has 66 valence electrons. The second-order valence-corrected chi connectivity index (χ2v) is 4.41. The van der Waals surface area contributed by atoms with Crippen molar-refractivity contribution in [3.05, 3.63) is 40.9 Å². The van der Waals surface area contributed by atoms with Crippen LogP contribution in [0.25, 0.3) is 10.2 Å². The number of fused-ring (bicyclic) bond motifs is 1. The van der Waals surface area contributed by atoms with Crippen molar-refractivity contribution in [3.63, 3.8) is 0 Å². The zero-order chi connectivity index (χ0) is 9.26. The Kier molecular flexibility index (Phi) is 2.29. The highest BCUT2D eigenvalue weighted by molar-refractivity contribution is 7.73. The van der Waals surface area contributed by atoms with Crippen molar-refractivity contribution in [2.45, 2.75) is 6.54 Å². The van der Waals surface area contributed by atoms with Crippen LogP contribution >= 0.6 is 23.6 Å². The maximum Gasteiger partial charge on any atom is 0.162 e. The first-order chi connectivity index (χ1) is 6.33. The van der Waals surface area contributed by atoms with Gasteiger partial charge in [-0.15, -0.1) is 17.9 Å². The molecule has 1 aromatic carbocycles. The lowest BCUT2D eigenvalue weighted by Gasteiger charge is -1.98. The number of aromatic nitrogens is 1. The SMILES string of the molecule is C=CCn1c(=S)sc2ccccc21. The molecular weight excluding hydrogens is 198 g/mol. The van der Waals surface area contributed by atoms with Crippen LogP contribution in [-0.4, -0.2) is 4.57 Å². The van der Waals surface area contributed by atoms with Crippen LogP contribution in [0.15, 0.2) is 36.9 Å². The highest BCUT2D eigenvalue weighted by Gasteiger charge is 2.01. The summed E-state index contributed by atoms with van der Waals surface area (Å²) in [5.74, 6) is 0. The Labute approximate surface area is 85.9 Å². The van der Waals surface area contributed by atoms with Gasteiger partial charge in [-0.25, -0.2) is 0 Å². The van der Waals surface area contributed by atoms with Crippen molar-refractivity contribution in [2.75, 3.05) is 0 Å². The molecule has 0 amide bonds. The van der Waals surface area contributed by atoms with E-state index >= 15 is 0 Å². The second kappa shape index (κ2) is 3.44. The first-order valence-electron chi connectivity index (χ1n) is 4.02. The molecule has 0 bridgehead atoms. The molecule has 0 N–H and O–H groups in total. The van der Waals surface area contributed by atoms with Gasteiger partial charge in [-0.1, -0.05) is 18.2 Å². The molecule has 0 saturated carbocycles. The van der Waals surface area contributed by atoms with Crippen LogP contribution in [0, 0.1) is 3.95 Å². The van der Waals surface area contributed by atoms with E-state index in [9.17, 15) is 0 Å². The van der Waals surface area contributed by atoms with Crippen LogP contribution in [0.2, 0.25) is 0 Å². The van der Waals surface area contributed by atoms with Gasteiger partial charge in [-0.05, 0) is 24.4 Å². The number of thiazole rings is 1. The predicted octanol–water partition coefficient (Wildman–Crippen LogP) is 3.62. The van der Waals surface area contributed by atoms with Gasteiger partial charge in [-0.2, -0.15) is 0 Å². The number of hydrogen-bond acceptors (Lipinski definition) is 2. The topological polar surface area (TPSA) is 4.93 Å². The molecule has 0 atom stereocenters. The van der Waals surface area contributed by atoms with Crippen LogP contribution in [0.5, 0.6) is 0 Å². The summed E-state index contributed by atoms with van der Waals surface area (Å²) in [7, 11) is 0. The molecule has 0 spiro atoms. The first kappa shape index (κ1) is 8.66. The minimum absolute atomic E-state index is 0.794. The van der Waals surface area contributed by atoms with E-state index in [1.165, 1.54) is 10.2 Å². The van der Waals surface area contributed by atoms with Crippen LogP contribution in [0.1, 0.15) is 0 Å². The molecule has 0 aliphatic carbocycles. The highest BCUT2D eigenvalue weighted by Crippen LogP contribution is 2.22. The van der Waals surface area contributed by atoms with E-state index in [1.54, 1.807) is 11.3 Å². The summed E-state index contributed by atoms with van der Waals surface area (Å²) in [6.45, 7) is 4.52. The third-order valence-corrected chi connectivity index (χ3v) is 3.32. The molecule has 13 heavy (non-hydrogen) atoms. The van der Waals surface area contributed by atoms with Crippen molar-refractivity contribution < 1.29 is 0 Å². The van der Waals surface area contributed by atoms with Crippen molar-refractivity contribution in [1.29, 1.82) is 0 Å². The molecular formula is C10H9NS2. The van der Waals surface area contributed by atoms with Crippen molar-refractivity contribution >= 4 is 33.8 Å². The van der Waals surface area contributed by atoms with Gasteiger partial charge >= 0.3 is 0 Å². The summed E-state index contributed by atoms with van der Waals surface area (Å²) in [6.07, 6.45) is 1.87. The summed E-state index contributed by atoms with van der Waals surface area (Å²) in [4.78, 5) is 0. The Morgan fingerprint density at radius 3 is 3.00 bits per heavy atom. The van der Waals surface area contributed by atoms with E-state index in [0.29, 0.717) is 0 Å². The van der Waals surface area contributed by atoms with Crippen molar-refractivity contribution in [2.24, 2.45) is 0 Å². The Bertz CT molecular complexity index is 493. The Balaban J connectivity index is 2.78. The normalized spacial score (nSPS) is 10.5. The lowest BCUT2D eigenvalue weighted by atomic mass is 10.3. The highest BCUT2D eigenvalue weighted by atomic mass is 32.1. The fourth-order valence-corrected chi connectivity index (χ4v) is 2.66. The zero-order valence-electron chi connectivity index (χ0n) is 7.06. The van der Waals surface area contributed by atoms with Gasteiger partial charge < -0.3 is 4.57 Å². The molecule has 0 fully saturated rings. The summed E-state index contributed by atoms with van der Waals surface area (Å²) >= 11 is 6.90. The summed E-state index contributed by atoms with van der Waals surface area (Å²) in [6, 6.07) is 8.25. The van der Waals surface area contributed by atoms with Crippen LogP contribution in [0.4, 0.5) is 0 Å². The number of para-hydroxylation sites is 1. The van der Waals surface area contributed by atoms with Gasteiger partial charge in [0.15, 0.2) is 3.95 Å². The number of rotatable bonds is 2. The monoisotopic (exact) mass is 207 g/mol. The molecule has 1 nitrogen and oxygen atoms in total. The van der Waals surface area contributed by atoms with Crippen LogP contribution < -0.4 is 0 Å². The summed E-state index contributed by atoms with van der Waals surface area (Å²) in [5, 5.41) is 0. The van der Waals surface area contributed by atoms with E-state index in [0.717, 1.165) is 10.5 Å². The van der Waals surface area contributed by atoms with Gasteiger partial charge in [0.05, 0.1) is 10.2 Å². The smallest absolute Gasteiger partial charge is 0.162 e. The molecule has 1 aromatic heterocycles. The largest absolute Gasteiger partial charge is 0.319 e. The van der Waals surface area contributed by atoms with Crippen LogP contribution in [0.3, 0.4) is 0 Å². The van der Waals surface area contributed by atoms with Gasteiger partial charge in [0.1, 0.15) is 0 Å². The molecule has 0 aliphatic heterocycles. The second-order valence-electron chi connectivity index (χ2n) is 2.73. The predicted molar refractivity (Wildman–Crippen MR) is 60.8 cm³/mol. The van der Waals surface area contributed by atoms with E-state index < -0.39 is 0 Å². The van der Waals surface area contributed by atoms with Crippen molar-refractivity contribution in [1.82, 2.24) is 4.57 Å². The average Bonchev–Trinajstić information content (AvgIpc) is 2.44. The quantitative estimate of drug-likeness (QED) is 0.538. The molecule has 0 unspecified atom stereocenters. The molecule has 2 aromatic rings. The molecule has 0 aliphatic rings. The van der Waals surface area contributed by atoms with Gasteiger partial charge in [0.2, 0.25) is 0 Å². The number of nitrogens with zero attached hydrogens (tertiary/aromatic N) is 1. The Morgan fingerprint density at radius 1 is 1.46 bits per heavy atom. The Hall–Kier alpha value is -0.930. The van der Waals surface area contributed by atoms with E-state index in [-0.39, 0.29) is 0 Å². The summed E-state index contributed by atoms with van der Waals surface area (Å²) in [5.41, 5.74) is 1.21. The van der Waals surface area contributed by atoms with Gasteiger partial charge in [0.25, 0.3) is 0 Å². The Morgan fingerprint density at radius 2 is 2.23 bits per heavy atom. The van der Waals surface area contributed by atoms with Crippen molar-refractivity contribution in [3.8, 4) is 0 Å². The summed E-state index contributed by atoms with van der Waals surface area (Å²) < 4.78 is 4.26. The first-order valence-corrected chi connectivity index (χ1v) is 5.24. The molecule has 3 heteroatoms. The number of hydrogen-bond donors (Lipinski definition) is 0. The maximum atomic E-state index is 5.25. The number of benzene rings is 1. The van der Waals surface area contributed by atoms with E-state index in [1.807, 2.05) is 18.2 Å². The van der Waals surface area contributed by atoms with Crippen LogP contribution in [-0.2, 0) is 6.54 Å². The van der Waals surface area contributed by atoms with Gasteiger partial charge in [-0.3, -0.25) is 0 Å². The van der Waals surface area contributed by atoms with E-state index in [4.69, 9.17) is 12.2 Å². The fraction of sp³-hybridized carbons (Fsp3) is 0.100. The fourth-order valence-electron chi connectivity index (χ4n) is 1.32. The molecule has 2 rings (SSSR count). The third-order valence-electron chi connectivity index (χ3n) is 1.89. The molecule has 0 radical (unpaired) electrons. The maximum absolute atomic E-state index is 5.25. The average molecular weight is 207 g/mol. The lowest BCUT2D eigenvalue weighted by molar-refractivity contribution is 0.861. The third kappa shape index (κ3) is 1.45. The molecule has 0 saturated heterocycles. The van der Waals surface area contributed by atoms with E-state index in [2.05, 4.69) is 23.3 Å². The van der Waals surface area contributed by atoms with Gasteiger partial charge in [0, 0.05) is 6.54 Å².